The number of alkyl halides is 3. The molecule has 3 rings (SSSR count). The number of amides is 1. The second kappa shape index (κ2) is 9.38. The number of carbonyl (C=O) groups is 1. The lowest BCUT2D eigenvalue weighted by Gasteiger charge is -2.35. The van der Waals surface area contributed by atoms with E-state index in [4.69, 9.17) is 4.74 Å². The van der Waals surface area contributed by atoms with Crippen molar-refractivity contribution in [3.63, 3.8) is 0 Å². The van der Waals surface area contributed by atoms with Crippen LogP contribution in [0.25, 0.3) is 0 Å². The summed E-state index contributed by atoms with van der Waals surface area (Å²) in [7, 11) is 2.00. The zero-order valence-electron chi connectivity index (χ0n) is 17.1. The van der Waals surface area contributed by atoms with Crippen LogP contribution in [0.5, 0.6) is 5.75 Å². The van der Waals surface area contributed by atoms with E-state index >= 15 is 0 Å². The molecule has 1 heterocycles. The molecule has 1 fully saturated rings. The highest BCUT2D eigenvalue weighted by Gasteiger charge is 2.32. The van der Waals surface area contributed by atoms with Crippen molar-refractivity contribution in [1.82, 2.24) is 4.90 Å². The molecule has 0 radical (unpaired) electrons. The minimum atomic E-state index is -4.48. The van der Waals surface area contributed by atoms with Gasteiger partial charge in [-0.1, -0.05) is 17.7 Å². The molecule has 1 amide bonds. The molecule has 1 saturated heterocycles. The number of likely N-dealkylation sites (N-methyl/N-ethyl adjacent to an activating group) is 1. The van der Waals surface area contributed by atoms with Gasteiger partial charge in [-0.25, -0.2) is 0 Å². The van der Waals surface area contributed by atoms with Gasteiger partial charge in [0.2, 0.25) is 5.91 Å². The number of piperazine rings is 1. The van der Waals surface area contributed by atoms with Crippen LogP contribution in [0, 0.1) is 6.92 Å². The quantitative estimate of drug-likeness (QED) is 0.760. The molecule has 0 bridgehead atoms. The molecule has 2 aromatic rings. The third-order valence-electron chi connectivity index (χ3n) is 5.06. The Bertz CT molecular complexity index is 861. The number of nitrogens with one attached hydrogen (secondary N) is 1. The number of anilines is 2. The Morgan fingerprint density at radius 3 is 2.37 bits per heavy atom. The molecule has 1 aliphatic rings. The van der Waals surface area contributed by atoms with Gasteiger partial charge in [-0.15, -0.1) is 0 Å². The number of halogens is 3. The number of hydrogen-bond donors (Lipinski definition) is 1. The Morgan fingerprint density at radius 2 is 1.73 bits per heavy atom. The van der Waals surface area contributed by atoms with Crippen LogP contribution in [0.2, 0.25) is 0 Å². The standard InChI is InChI=1S/C22H26F3N3O2/c1-16-3-6-18(7-4-16)30-14-9-21(29)26-19-15-17(22(23,24)25)5-8-20(19)28-12-10-27(2)11-13-28/h3-8,15H,9-14H2,1-2H3,(H,26,29). The molecular formula is C22H26F3N3O2. The van der Waals surface area contributed by atoms with Gasteiger partial charge in [-0.05, 0) is 44.3 Å². The zero-order valence-corrected chi connectivity index (χ0v) is 17.1. The minimum absolute atomic E-state index is 0.0340. The van der Waals surface area contributed by atoms with Gasteiger partial charge in [0.1, 0.15) is 5.75 Å². The predicted octanol–water partition coefficient (Wildman–Crippen LogP) is 4.17. The maximum absolute atomic E-state index is 13.2. The van der Waals surface area contributed by atoms with Gasteiger partial charge >= 0.3 is 6.18 Å². The molecule has 1 aliphatic heterocycles. The minimum Gasteiger partial charge on any atom is -0.493 e. The normalized spacial score (nSPS) is 15.2. The number of ether oxygens (including phenoxy) is 1. The van der Waals surface area contributed by atoms with Crippen LogP contribution in [0.1, 0.15) is 17.5 Å². The lowest BCUT2D eigenvalue weighted by molar-refractivity contribution is -0.137. The summed E-state index contributed by atoms with van der Waals surface area (Å²) in [6, 6.07) is 10.9. The monoisotopic (exact) mass is 421 g/mol. The van der Waals surface area contributed by atoms with E-state index < -0.39 is 17.6 Å². The average Bonchev–Trinajstić information content (AvgIpc) is 2.69. The van der Waals surface area contributed by atoms with E-state index in [0.717, 1.165) is 30.8 Å². The summed E-state index contributed by atoms with van der Waals surface area (Å²) in [5.41, 5.74) is 1.09. The summed E-state index contributed by atoms with van der Waals surface area (Å²) in [6.45, 7) is 5.07. The summed E-state index contributed by atoms with van der Waals surface area (Å²) < 4.78 is 45.1. The van der Waals surface area contributed by atoms with Gasteiger partial charge in [0.25, 0.3) is 0 Å². The van der Waals surface area contributed by atoms with Crippen LogP contribution in [-0.2, 0) is 11.0 Å². The topological polar surface area (TPSA) is 44.8 Å². The lowest BCUT2D eigenvalue weighted by atomic mass is 10.1. The smallest absolute Gasteiger partial charge is 0.416 e. The summed E-state index contributed by atoms with van der Waals surface area (Å²) in [6.07, 6.45) is -4.44. The molecule has 1 N–H and O–H groups in total. The summed E-state index contributed by atoms with van der Waals surface area (Å²) in [4.78, 5) is 16.6. The maximum Gasteiger partial charge on any atom is 0.416 e. The second-order valence-corrected chi connectivity index (χ2v) is 7.48. The largest absolute Gasteiger partial charge is 0.493 e. The fourth-order valence-corrected chi connectivity index (χ4v) is 3.24. The van der Waals surface area contributed by atoms with E-state index in [9.17, 15) is 18.0 Å². The number of benzene rings is 2. The molecule has 8 heteroatoms. The number of hydrogen-bond acceptors (Lipinski definition) is 4. The first-order valence-electron chi connectivity index (χ1n) is 9.86. The Balaban J connectivity index is 1.68. The molecule has 0 spiro atoms. The van der Waals surface area contributed by atoms with E-state index in [-0.39, 0.29) is 18.7 Å². The van der Waals surface area contributed by atoms with Gasteiger partial charge in [-0.3, -0.25) is 4.79 Å². The van der Waals surface area contributed by atoms with Crippen molar-refractivity contribution in [1.29, 1.82) is 0 Å². The first-order chi connectivity index (χ1) is 14.2. The molecule has 0 atom stereocenters. The van der Waals surface area contributed by atoms with Crippen molar-refractivity contribution in [3.05, 3.63) is 53.6 Å². The van der Waals surface area contributed by atoms with Gasteiger partial charge in [0.05, 0.1) is 30.0 Å². The molecule has 0 aromatic heterocycles. The van der Waals surface area contributed by atoms with E-state index in [0.29, 0.717) is 24.5 Å². The van der Waals surface area contributed by atoms with Crippen molar-refractivity contribution in [2.75, 3.05) is 50.1 Å². The lowest BCUT2D eigenvalue weighted by Crippen LogP contribution is -2.44. The zero-order chi connectivity index (χ0) is 21.7. The van der Waals surface area contributed by atoms with Crippen molar-refractivity contribution < 1.29 is 22.7 Å². The average molecular weight is 421 g/mol. The van der Waals surface area contributed by atoms with Gasteiger partial charge in [0, 0.05) is 26.2 Å². The highest BCUT2D eigenvalue weighted by atomic mass is 19.4. The number of nitrogens with zero attached hydrogens (tertiary/aromatic N) is 2. The van der Waals surface area contributed by atoms with Crippen molar-refractivity contribution >= 4 is 17.3 Å². The first kappa shape index (κ1) is 22.0. The Morgan fingerprint density at radius 1 is 1.07 bits per heavy atom. The van der Waals surface area contributed by atoms with E-state index in [1.165, 1.54) is 6.07 Å². The van der Waals surface area contributed by atoms with Crippen LogP contribution >= 0.6 is 0 Å². The molecule has 30 heavy (non-hydrogen) atoms. The number of rotatable bonds is 6. The Labute approximate surface area is 174 Å². The van der Waals surface area contributed by atoms with Crippen LogP contribution in [0.3, 0.4) is 0 Å². The summed E-state index contributed by atoms with van der Waals surface area (Å²) in [5, 5.41) is 2.65. The molecule has 0 unspecified atom stereocenters. The van der Waals surface area contributed by atoms with E-state index in [2.05, 4.69) is 10.2 Å². The molecule has 0 aliphatic carbocycles. The van der Waals surface area contributed by atoms with Gasteiger partial charge in [-0.2, -0.15) is 13.2 Å². The molecular weight excluding hydrogens is 395 g/mol. The van der Waals surface area contributed by atoms with Gasteiger partial charge in [0.15, 0.2) is 0 Å². The number of carbonyl (C=O) groups excluding carboxylic acids is 1. The SMILES string of the molecule is Cc1ccc(OCCC(=O)Nc2cc(C(F)(F)F)ccc2N2CCN(C)CC2)cc1. The third kappa shape index (κ3) is 5.89. The van der Waals surface area contributed by atoms with Crippen molar-refractivity contribution in [3.8, 4) is 5.75 Å². The molecule has 162 valence electrons. The molecule has 5 nitrogen and oxygen atoms in total. The third-order valence-corrected chi connectivity index (χ3v) is 5.06. The van der Waals surface area contributed by atoms with Crippen molar-refractivity contribution in [2.24, 2.45) is 0 Å². The van der Waals surface area contributed by atoms with Crippen LogP contribution in [-0.4, -0.2) is 50.6 Å². The molecule has 0 saturated carbocycles. The highest BCUT2D eigenvalue weighted by Crippen LogP contribution is 2.36. The second-order valence-electron chi connectivity index (χ2n) is 7.48. The van der Waals surface area contributed by atoms with E-state index in [1.54, 1.807) is 0 Å². The first-order valence-corrected chi connectivity index (χ1v) is 9.86. The Hall–Kier alpha value is -2.74. The molecule has 2 aromatic carbocycles. The van der Waals surface area contributed by atoms with Crippen LogP contribution in [0.15, 0.2) is 42.5 Å². The predicted molar refractivity (Wildman–Crippen MR) is 111 cm³/mol. The highest BCUT2D eigenvalue weighted by molar-refractivity contribution is 5.94. The fraction of sp³-hybridized carbons (Fsp3) is 0.409. The van der Waals surface area contributed by atoms with E-state index in [1.807, 2.05) is 43.1 Å². The summed E-state index contributed by atoms with van der Waals surface area (Å²) >= 11 is 0. The van der Waals surface area contributed by atoms with Crippen molar-refractivity contribution in [2.45, 2.75) is 19.5 Å². The summed E-state index contributed by atoms with van der Waals surface area (Å²) in [5.74, 6) is 0.252. The van der Waals surface area contributed by atoms with Gasteiger partial charge < -0.3 is 19.9 Å². The fourth-order valence-electron chi connectivity index (χ4n) is 3.24. The van der Waals surface area contributed by atoms with Crippen LogP contribution < -0.4 is 15.0 Å². The maximum atomic E-state index is 13.2. The Kier molecular flexibility index (Phi) is 6.87. The van der Waals surface area contributed by atoms with Crippen LogP contribution in [0.4, 0.5) is 24.5 Å². The number of aryl methyl sites for hydroxylation is 1.